The Labute approximate surface area is 180 Å². The molecule has 10 heteroatoms. The maximum atomic E-state index is 12.7. The van der Waals surface area contributed by atoms with E-state index in [4.69, 9.17) is 9.73 Å². The molecule has 0 radical (unpaired) electrons. The number of hydrogen-bond acceptors (Lipinski definition) is 5. The lowest BCUT2D eigenvalue weighted by Gasteiger charge is -2.47. The fourth-order valence-corrected chi connectivity index (χ4v) is 5.04. The van der Waals surface area contributed by atoms with Crippen LogP contribution in [0.15, 0.2) is 10.4 Å². The number of halogens is 3. The quantitative estimate of drug-likeness (QED) is 0.496. The minimum atomic E-state index is -4.38. The van der Waals surface area contributed by atoms with E-state index in [9.17, 15) is 13.2 Å². The summed E-state index contributed by atoms with van der Waals surface area (Å²) in [6.45, 7) is 7.39. The minimum absolute atomic E-state index is 0.0846. The molecule has 2 fully saturated rings. The third kappa shape index (κ3) is 6.31. The fourth-order valence-electron chi connectivity index (χ4n) is 4.23. The zero-order chi connectivity index (χ0) is 21.5. The number of rotatable bonds is 7. The van der Waals surface area contributed by atoms with Crippen molar-refractivity contribution in [1.82, 2.24) is 20.5 Å². The highest BCUT2D eigenvalue weighted by Gasteiger charge is 2.38. The van der Waals surface area contributed by atoms with Gasteiger partial charge in [-0.05, 0) is 19.8 Å². The van der Waals surface area contributed by atoms with Crippen molar-refractivity contribution >= 4 is 17.3 Å². The Morgan fingerprint density at radius 2 is 1.97 bits per heavy atom. The molecule has 2 N–H and O–H groups in total. The maximum Gasteiger partial charge on any atom is 0.434 e. The Hall–Kier alpha value is -1.39. The largest absolute Gasteiger partial charge is 0.434 e. The SMILES string of the molecule is CCNC(=NCC1(N2CCOCC2)CCCCC1)NCCc1nc(C(F)(F)F)cs1. The molecule has 0 amide bonds. The molecule has 0 spiro atoms. The normalized spacial score (nSPS) is 20.9. The molecule has 6 nitrogen and oxygen atoms in total. The molecular formula is C20H32F3N5OS. The number of aromatic nitrogens is 1. The van der Waals surface area contributed by atoms with Gasteiger partial charge in [0.05, 0.1) is 24.8 Å². The highest BCUT2D eigenvalue weighted by molar-refractivity contribution is 7.09. The Morgan fingerprint density at radius 1 is 1.23 bits per heavy atom. The molecule has 2 heterocycles. The molecule has 0 bridgehead atoms. The third-order valence-corrected chi connectivity index (χ3v) is 6.72. The van der Waals surface area contributed by atoms with Crippen LogP contribution < -0.4 is 10.6 Å². The van der Waals surface area contributed by atoms with Crippen LogP contribution in [-0.4, -0.2) is 67.3 Å². The maximum absolute atomic E-state index is 12.7. The van der Waals surface area contributed by atoms with Crippen molar-refractivity contribution in [3.05, 3.63) is 16.1 Å². The lowest BCUT2D eigenvalue weighted by atomic mass is 9.80. The van der Waals surface area contributed by atoms with Crippen LogP contribution in [0.2, 0.25) is 0 Å². The lowest BCUT2D eigenvalue weighted by molar-refractivity contribution is -0.140. The van der Waals surface area contributed by atoms with Crippen molar-refractivity contribution in [3.63, 3.8) is 0 Å². The predicted octanol–water partition coefficient (Wildman–Crippen LogP) is 3.29. The van der Waals surface area contributed by atoms with Crippen LogP contribution in [0, 0.1) is 0 Å². The van der Waals surface area contributed by atoms with Gasteiger partial charge in [-0.25, -0.2) is 4.98 Å². The van der Waals surface area contributed by atoms with E-state index < -0.39 is 11.9 Å². The Kier molecular flexibility index (Phi) is 8.35. The zero-order valence-electron chi connectivity index (χ0n) is 17.6. The number of ether oxygens (including phenoxy) is 1. The summed E-state index contributed by atoms with van der Waals surface area (Å²) in [5.41, 5.74) is -0.728. The van der Waals surface area contributed by atoms with E-state index in [0.717, 1.165) is 69.0 Å². The average Bonchev–Trinajstić information content (AvgIpc) is 3.23. The van der Waals surface area contributed by atoms with Gasteiger partial charge in [0.15, 0.2) is 11.7 Å². The second-order valence-corrected chi connectivity index (χ2v) is 8.82. The molecular weight excluding hydrogens is 415 g/mol. The Bertz CT molecular complexity index is 682. The van der Waals surface area contributed by atoms with E-state index in [1.807, 2.05) is 6.92 Å². The second kappa shape index (κ2) is 10.8. The van der Waals surface area contributed by atoms with Crippen molar-refractivity contribution in [1.29, 1.82) is 0 Å². The van der Waals surface area contributed by atoms with Gasteiger partial charge in [-0.1, -0.05) is 19.3 Å². The standard InChI is InChI=1S/C20H32F3N5OS/c1-2-24-18(25-9-6-17-27-16(14-30-17)20(21,22)23)26-15-19(7-4-3-5-8-19)28-10-12-29-13-11-28/h14H,2-13,15H2,1H3,(H2,24,25,26). The molecule has 1 aliphatic heterocycles. The summed E-state index contributed by atoms with van der Waals surface area (Å²) in [4.78, 5) is 11.1. The van der Waals surface area contributed by atoms with Gasteiger partial charge in [0, 0.05) is 43.5 Å². The average molecular weight is 448 g/mol. The van der Waals surface area contributed by atoms with Gasteiger partial charge in [-0.15, -0.1) is 11.3 Å². The molecule has 1 aliphatic carbocycles. The van der Waals surface area contributed by atoms with Crippen LogP contribution in [0.3, 0.4) is 0 Å². The number of nitrogens with zero attached hydrogens (tertiary/aromatic N) is 3. The molecule has 1 saturated carbocycles. The molecule has 1 saturated heterocycles. The van der Waals surface area contributed by atoms with Crippen LogP contribution in [0.1, 0.15) is 49.7 Å². The summed E-state index contributed by atoms with van der Waals surface area (Å²) in [6, 6.07) is 0. The smallest absolute Gasteiger partial charge is 0.379 e. The van der Waals surface area contributed by atoms with Crippen molar-refractivity contribution in [2.75, 3.05) is 45.9 Å². The lowest BCUT2D eigenvalue weighted by Crippen LogP contribution is -2.56. The monoisotopic (exact) mass is 447 g/mol. The summed E-state index contributed by atoms with van der Waals surface area (Å²) in [6.07, 6.45) is 2.07. The van der Waals surface area contributed by atoms with Crippen LogP contribution in [0.25, 0.3) is 0 Å². The molecule has 0 atom stereocenters. The molecule has 2 aliphatic rings. The number of morpholine rings is 1. The molecule has 0 aromatic carbocycles. The van der Waals surface area contributed by atoms with E-state index >= 15 is 0 Å². The first-order valence-electron chi connectivity index (χ1n) is 10.8. The van der Waals surface area contributed by atoms with Gasteiger partial charge in [-0.2, -0.15) is 13.2 Å². The van der Waals surface area contributed by atoms with Gasteiger partial charge >= 0.3 is 6.18 Å². The first kappa shape index (κ1) is 23.3. The zero-order valence-corrected chi connectivity index (χ0v) is 18.4. The van der Waals surface area contributed by atoms with Crippen molar-refractivity contribution in [3.8, 4) is 0 Å². The number of nitrogens with one attached hydrogen (secondary N) is 2. The van der Waals surface area contributed by atoms with Crippen LogP contribution >= 0.6 is 11.3 Å². The van der Waals surface area contributed by atoms with Gasteiger partial charge in [0.25, 0.3) is 0 Å². The molecule has 1 aromatic rings. The number of guanidine groups is 1. The number of aliphatic imine (C=N–C) groups is 1. The summed E-state index contributed by atoms with van der Waals surface area (Å²) < 4.78 is 43.7. The molecule has 0 unspecified atom stereocenters. The van der Waals surface area contributed by atoms with Crippen LogP contribution in [0.5, 0.6) is 0 Å². The van der Waals surface area contributed by atoms with E-state index in [1.54, 1.807) is 0 Å². The van der Waals surface area contributed by atoms with E-state index in [2.05, 4.69) is 20.5 Å². The summed E-state index contributed by atoms with van der Waals surface area (Å²) >= 11 is 1.05. The molecule has 3 rings (SSSR count). The number of thiazole rings is 1. The van der Waals surface area contributed by atoms with E-state index in [0.29, 0.717) is 23.9 Å². The predicted molar refractivity (Wildman–Crippen MR) is 113 cm³/mol. The Balaban J connectivity index is 1.59. The first-order chi connectivity index (χ1) is 14.4. The van der Waals surface area contributed by atoms with Crippen LogP contribution in [0.4, 0.5) is 13.2 Å². The van der Waals surface area contributed by atoms with Crippen molar-refractivity contribution in [2.45, 2.75) is 57.2 Å². The summed E-state index contributed by atoms with van der Waals surface area (Å²) in [5, 5.41) is 8.06. The second-order valence-electron chi connectivity index (χ2n) is 7.88. The first-order valence-corrected chi connectivity index (χ1v) is 11.7. The number of hydrogen-bond donors (Lipinski definition) is 2. The van der Waals surface area contributed by atoms with Gasteiger partial charge < -0.3 is 15.4 Å². The van der Waals surface area contributed by atoms with Crippen molar-refractivity contribution in [2.24, 2.45) is 4.99 Å². The van der Waals surface area contributed by atoms with Crippen molar-refractivity contribution < 1.29 is 17.9 Å². The van der Waals surface area contributed by atoms with Crippen LogP contribution in [-0.2, 0) is 17.3 Å². The van der Waals surface area contributed by atoms with Gasteiger partial charge in [0.1, 0.15) is 0 Å². The third-order valence-electron chi connectivity index (χ3n) is 5.82. The topological polar surface area (TPSA) is 61.8 Å². The fraction of sp³-hybridized carbons (Fsp3) is 0.800. The molecule has 1 aromatic heterocycles. The summed E-state index contributed by atoms with van der Waals surface area (Å²) in [7, 11) is 0. The highest BCUT2D eigenvalue weighted by Crippen LogP contribution is 2.34. The highest BCUT2D eigenvalue weighted by atomic mass is 32.1. The molecule has 170 valence electrons. The number of alkyl halides is 3. The van der Waals surface area contributed by atoms with E-state index in [-0.39, 0.29) is 5.54 Å². The Morgan fingerprint density at radius 3 is 2.60 bits per heavy atom. The van der Waals surface area contributed by atoms with E-state index in [1.165, 1.54) is 19.3 Å². The van der Waals surface area contributed by atoms with Gasteiger partial charge in [-0.3, -0.25) is 9.89 Å². The molecule has 30 heavy (non-hydrogen) atoms. The minimum Gasteiger partial charge on any atom is -0.379 e. The summed E-state index contributed by atoms with van der Waals surface area (Å²) in [5.74, 6) is 0.711. The van der Waals surface area contributed by atoms with Gasteiger partial charge in [0.2, 0.25) is 0 Å².